The van der Waals surface area contributed by atoms with Gasteiger partial charge in [0, 0.05) is 6.20 Å². The van der Waals surface area contributed by atoms with Gasteiger partial charge in [-0.15, -0.1) is 0 Å². The molecule has 5 nitrogen and oxygen atoms in total. The zero-order chi connectivity index (χ0) is 13.8. The summed E-state index contributed by atoms with van der Waals surface area (Å²) in [5.41, 5.74) is 6.27. The van der Waals surface area contributed by atoms with Crippen molar-refractivity contribution in [3.05, 3.63) is 47.4 Å². The van der Waals surface area contributed by atoms with Crippen LogP contribution < -0.4 is 11.1 Å². The lowest BCUT2D eigenvalue weighted by Crippen LogP contribution is -2.03. The second-order valence-electron chi connectivity index (χ2n) is 3.63. The lowest BCUT2D eigenvalue weighted by Gasteiger charge is -2.10. The minimum Gasteiger partial charge on any atom is -0.395 e. The molecule has 0 aliphatic carbocycles. The topological polar surface area (TPSA) is 98.5 Å². The molecule has 1 aromatic carbocycles. The fourth-order valence-electron chi connectivity index (χ4n) is 1.54. The van der Waals surface area contributed by atoms with Gasteiger partial charge in [-0.05, 0) is 18.2 Å². The predicted molar refractivity (Wildman–Crippen MR) is 67.8 cm³/mol. The van der Waals surface area contributed by atoms with Crippen LogP contribution in [0.5, 0.6) is 0 Å². The standard InChI is InChI=1S/C13H8FN5/c14-10-2-1-3-11(9(10)7-16)19-13-12(17)8(6-15)4-5-18-13/h1-5H,17H2,(H,18,19). The molecule has 0 radical (unpaired) electrons. The van der Waals surface area contributed by atoms with Crippen LogP contribution in [0.3, 0.4) is 0 Å². The number of hydrogen-bond donors (Lipinski definition) is 2. The fraction of sp³-hybridized carbons (Fsp3) is 0. The van der Waals surface area contributed by atoms with Gasteiger partial charge in [0.1, 0.15) is 23.5 Å². The second kappa shape index (κ2) is 5.03. The molecule has 3 N–H and O–H groups in total. The first-order valence-electron chi connectivity index (χ1n) is 5.27. The van der Waals surface area contributed by atoms with E-state index in [2.05, 4.69) is 10.3 Å². The number of halogens is 1. The Labute approximate surface area is 108 Å². The van der Waals surface area contributed by atoms with Crippen molar-refractivity contribution in [2.24, 2.45) is 0 Å². The molecule has 0 spiro atoms. The molecule has 0 atom stereocenters. The highest BCUT2D eigenvalue weighted by atomic mass is 19.1. The first-order valence-corrected chi connectivity index (χ1v) is 5.27. The Morgan fingerprint density at radius 2 is 2.00 bits per heavy atom. The molecule has 0 bridgehead atoms. The molecular weight excluding hydrogens is 245 g/mol. The summed E-state index contributed by atoms with van der Waals surface area (Å²) in [7, 11) is 0. The van der Waals surface area contributed by atoms with Gasteiger partial charge < -0.3 is 11.1 Å². The minimum atomic E-state index is -0.637. The highest BCUT2D eigenvalue weighted by molar-refractivity contribution is 5.75. The third-order valence-electron chi connectivity index (χ3n) is 2.49. The molecule has 0 aliphatic rings. The number of nitrogens with two attached hydrogens (primary N) is 1. The first-order chi connectivity index (χ1) is 9.17. The van der Waals surface area contributed by atoms with Crippen molar-refractivity contribution in [2.75, 3.05) is 11.1 Å². The van der Waals surface area contributed by atoms with Crippen LogP contribution in [0.1, 0.15) is 11.1 Å². The Morgan fingerprint density at radius 3 is 2.68 bits per heavy atom. The number of nitrogens with one attached hydrogen (secondary N) is 1. The Hall–Kier alpha value is -3.12. The average Bonchev–Trinajstić information content (AvgIpc) is 2.41. The van der Waals surface area contributed by atoms with Crippen LogP contribution in [-0.2, 0) is 0 Å². The van der Waals surface area contributed by atoms with Gasteiger partial charge in [0.2, 0.25) is 0 Å². The van der Waals surface area contributed by atoms with Crippen LogP contribution in [0.15, 0.2) is 30.5 Å². The van der Waals surface area contributed by atoms with Crippen molar-refractivity contribution in [3.8, 4) is 12.1 Å². The summed E-state index contributed by atoms with van der Waals surface area (Å²) in [6.45, 7) is 0. The van der Waals surface area contributed by atoms with E-state index in [1.165, 1.54) is 30.5 Å². The van der Waals surface area contributed by atoms with Crippen LogP contribution in [0.2, 0.25) is 0 Å². The largest absolute Gasteiger partial charge is 0.395 e. The molecule has 0 amide bonds. The number of nitriles is 2. The van der Waals surface area contributed by atoms with Crippen molar-refractivity contribution < 1.29 is 4.39 Å². The summed E-state index contributed by atoms with van der Waals surface area (Å²) in [6, 6.07) is 9.33. The molecule has 19 heavy (non-hydrogen) atoms. The number of anilines is 3. The lowest BCUT2D eigenvalue weighted by atomic mass is 10.1. The number of rotatable bonds is 2. The Kier molecular flexibility index (Phi) is 3.26. The molecule has 2 aromatic rings. The maximum Gasteiger partial charge on any atom is 0.154 e. The first kappa shape index (κ1) is 12.3. The zero-order valence-corrected chi connectivity index (χ0v) is 9.68. The van der Waals surface area contributed by atoms with Crippen LogP contribution in [0, 0.1) is 28.5 Å². The molecule has 0 saturated heterocycles. The van der Waals surface area contributed by atoms with Gasteiger partial charge in [-0.3, -0.25) is 0 Å². The molecule has 1 heterocycles. The molecule has 0 fully saturated rings. The van der Waals surface area contributed by atoms with Gasteiger partial charge in [-0.25, -0.2) is 9.37 Å². The van der Waals surface area contributed by atoms with Gasteiger partial charge in [-0.2, -0.15) is 10.5 Å². The van der Waals surface area contributed by atoms with Gasteiger partial charge in [0.15, 0.2) is 5.82 Å². The highest BCUT2D eigenvalue weighted by Gasteiger charge is 2.11. The summed E-state index contributed by atoms with van der Waals surface area (Å²) in [6.07, 6.45) is 1.41. The van der Waals surface area contributed by atoms with E-state index in [1.807, 2.05) is 6.07 Å². The van der Waals surface area contributed by atoms with Crippen molar-refractivity contribution in [3.63, 3.8) is 0 Å². The number of pyridine rings is 1. The zero-order valence-electron chi connectivity index (χ0n) is 9.68. The van der Waals surface area contributed by atoms with E-state index >= 15 is 0 Å². The Morgan fingerprint density at radius 1 is 1.21 bits per heavy atom. The predicted octanol–water partition coefficient (Wildman–Crippen LogP) is 2.29. The number of benzene rings is 1. The van der Waals surface area contributed by atoms with E-state index in [9.17, 15) is 4.39 Å². The fourth-order valence-corrected chi connectivity index (χ4v) is 1.54. The van der Waals surface area contributed by atoms with Crippen LogP contribution in [0.25, 0.3) is 0 Å². The molecule has 2 rings (SSSR count). The van der Waals surface area contributed by atoms with Crippen molar-refractivity contribution in [2.45, 2.75) is 0 Å². The molecule has 92 valence electrons. The summed E-state index contributed by atoms with van der Waals surface area (Å²) in [4.78, 5) is 3.97. The smallest absolute Gasteiger partial charge is 0.154 e. The quantitative estimate of drug-likeness (QED) is 0.855. The van der Waals surface area contributed by atoms with Gasteiger partial charge >= 0.3 is 0 Å². The highest BCUT2D eigenvalue weighted by Crippen LogP contribution is 2.26. The number of nitrogens with zero attached hydrogens (tertiary/aromatic N) is 3. The molecule has 6 heteroatoms. The van der Waals surface area contributed by atoms with Crippen LogP contribution in [0.4, 0.5) is 21.6 Å². The van der Waals surface area contributed by atoms with E-state index in [4.69, 9.17) is 16.3 Å². The van der Waals surface area contributed by atoms with Crippen molar-refractivity contribution >= 4 is 17.2 Å². The van der Waals surface area contributed by atoms with Gasteiger partial charge in [-0.1, -0.05) is 6.07 Å². The van der Waals surface area contributed by atoms with Crippen LogP contribution >= 0.6 is 0 Å². The third-order valence-corrected chi connectivity index (χ3v) is 2.49. The summed E-state index contributed by atoms with van der Waals surface area (Å²) in [5.74, 6) is -0.427. The van der Waals surface area contributed by atoms with E-state index < -0.39 is 5.82 Å². The second-order valence-corrected chi connectivity index (χ2v) is 3.63. The van der Waals surface area contributed by atoms with Crippen LogP contribution in [-0.4, -0.2) is 4.98 Å². The van der Waals surface area contributed by atoms with E-state index in [1.54, 1.807) is 6.07 Å². The monoisotopic (exact) mass is 253 g/mol. The summed E-state index contributed by atoms with van der Waals surface area (Å²) < 4.78 is 13.4. The lowest BCUT2D eigenvalue weighted by molar-refractivity contribution is 0.624. The molecule has 0 saturated carbocycles. The SMILES string of the molecule is N#Cc1ccnc(Nc2cccc(F)c2C#N)c1N. The molecule has 0 unspecified atom stereocenters. The Balaban J connectivity index is 2.47. The average molecular weight is 253 g/mol. The summed E-state index contributed by atoms with van der Waals surface area (Å²) >= 11 is 0. The van der Waals surface area contributed by atoms with Crippen molar-refractivity contribution in [1.82, 2.24) is 4.98 Å². The van der Waals surface area contributed by atoms with E-state index in [-0.39, 0.29) is 28.3 Å². The molecule has 0 aliphatic heterocycles. The summed E-state index contributed by atoms with van der Waals surface area (Å²) in [5, 5.41) is 20.5. The number of nitrogen functional groups attached to an aromatic ring is 1. The van der Waals surface area contributed by atoms with Gasteiger partial charge in [0.05, 0.1) is 16.9 Å². The minimum absolute atomic E-state index is 0.133. The molecular formula is C13H8FN5. The molecule has 1 aromatic heterocycles. The third kappa shape index (κ3) is 2.28. The Bertz CT molecular complexity index is 712. The van der Waals surface area contributed by atoms with E-state index in [0.29, 0.717) is 0 Å². The maximum absolute atomic E-state index is 13.4. The van der Waals surface area contributed by atoms with E-state index in [0.717, 1.165) is 0 Å². The normalized spacial score (nSPS) is 9.42. The van der Waals surface area contributed by atoms with Gasteiger partial charge in [0.25, 0.3) is 0 Å². The number of hydrogen-bond acceptors (Lipinski definition) is 5. The number of aromatic nitrogens is 1. The maximum atomic E-state index is 13.4. The van der Waals surface area contributed by atoms with Crippen molar-refractivity contribution in [1.29, 1.82) is 10.5 Å².